The van der Waals surface area contributed by atoms with E-state index in [4.69, 9.17) is 4.74 Å². The van der Waals surface area contributed by atoms with E-state index in [0.29, 0.717) is 10.8 Å². The third kappa shape index (κ3) is 0.484. The monoisotopic (exact) mass is 176 g/mol. The van der Waals surface area contributed by atoms with Crippen LogP contribution in [0.15, 0.2) is 12.2 Å². The Balaban J connectivity index is 1.92. The Kier molecular flexibility index (Phi) is 0.882. The van der Waals surface area contributed by atoms with Crippen LogP contribution in [-0.2, 0) is 4.74 Å². The van der Waals surface area contributed by atoms with Crippen LogP contribution in [0.5, 0.6) is 0 Å². The zero-order valence-corrected chi connectivity index (χ0v) is 8.29. The predicted molar refractivity (Wildman–Crippen MR) is 50.1 cm³/mol. The van der Waals surface area contributed by atoms with Crippen LogP contribution in [0.2, 0.25) is 0 Å². The zero-order chi connectivity index (χ0) is 8.84. The van der Waals surface area contributed by atoms with Crippen LogP contribution in [0.3, 0.4) is 0 Å². The fourth-order valence-electron chi connectivity index (χ4n) is 4.85. The van der Waals surface area contributed by atoms with Crippen LogP contribution in [-0.4, -0.2) is 13.2 Å². The van der Waals surface area contributed by atoms with Gasteiger partial charge in [-0.3, -0.25) is 0 Å². The molecule has 0 N–H and O–H groups in total. The third-order valence-electron chi connectivity index (χ3n) is 5.47. The molecule has 0 aromatic heterocycles. The lowest BCUT2D eigenvalue weighted by atomic mass is 9.71. The molecule has 5 atom stereocenters. The summed E-state index contributed by atoms with van der Waals surface area (Å²) >= 11 is 0. The maximum Gasteiger partial charge on any atom is 0.0535 e. The van der Waals surface area contributed by atoms with E-state index in [-0.39, 0.29) is 0 Å². The van der Waals surface area contributed by atoms with E-state index in [0.717, 1.165) is 36.9 Å². The van der Waals surface area contributed by atoms with Crippen LogP contribution in [0.1, 0.15) is 13.8 Å². The first kappa shape index (κ1) is 7.05. The van der Waals surface area contributed by atoms with E-state index in [1.54, 1.807) is 0 Å². The molecule has 3 aliphatic carbocycles. The molecule has 5 unspecified atom stereocenters. The number of hydrogen-bond acceptors (Lipinski definition) is 1. The quantitative estimate of drug-likeness (QED) is 0.513. The summed E-state index contributed by atoms with van der Waals surface area (Å²) in [6.45, 7) is 6.96. The second-order valence-electron chi connectivity index (χ2n) is 5.96. The maximum atomic E-state index is 5.71. The molecule has 0 bridgehead atoms. The summed E-state index contributed by atoms with van der Waals surface area (Å²) in [6.07, 6.45) is 4.96. The van der Waals surface area contributed by atoms with Gasteiger partial charge in [-0.1, -0.05) is 26.0 Å². The van der Waals surface area contributed by atoms with E-state index in [1.807, 2.05) is 0 Å². The van der Waals surface area contributed by atoms with Gasteiger partial charge in [0.05, 0.1) is 13.2 Å². The van der Waals surface area contributed by atoms with Crippen molar-refractivity contribution in [3.63, 3.8) is 0 Å². The zero-order valence-electron chi connectivity index (χ0n) is 8.29. The normalized spacial score (nSPS) is 63.8. The minimum Gasteiger partial charge on any atom is -0.380 e. The Morgan fingerprint density at radius 3 is 2.85 bits per heavy atom. The second kappa shape index (κ2) is 1.63. The number of rotatable bonds is 0. The van der Waals surface area contributed by atoms with Crippen molar-refractivity contribution in [1.82, 2.24) is 0 Å². The molecule has 0 amide bonds. The lowest BCUT2D eigenvalue weighted by molar-refractivity contribution is 0.118. The maximum absolute atomic E-state index is 5.71. The molecule has 1 heterocycles. The average molecular weight is 176 g/mol. The van der Waals surface area contributed by atoms with Gasteiger partial charge in [-0.25, -0.2) is 0 Å². The SMILES string of the molecule is CC1(C)C2C=CC3C2C32COCC12. The molecule has 1 spiro atoms. The van der Waals surface area contributed by atoms with Crippen molar-refractivity contribution in [1.29, 1.82) is 0 Å². The van der Waals surface area contributed by atoms with Crippen LogP contribution in [0.4, 0.5) is 0 Å². The minimum atomic E-state index is 0.505. The highest BCUT2D eigenvalue weighted by Gasteiger charge is 2.81. The van der Waals surface area contributed by atoms with Gasteiger partial charge in [-0.2, -0.15) is 0 Å². The molecule has 1 saturated heterocycles. The molecule has 3 fully saturated rings. The highest BCUT2D eigenvalue weighted by Crippen LogP contribution is 2.82. The first-order chi connectivity index (χ1) is 6.19. The van der Waals surface area contributed by atoms with Gasteiger partial charge < -0.3 is 4.74 Å². The van der Waals surface area contributed by atoms with E-state index in [9.17, 15) is 0 Å². The molecule has 1 heteroatoms. The van der Waals surface area contributed by atoms with Gasteiger partial charge in [0.25, 0.3) is 0 Å². The van der Waals surface area contributed by atoms with Crippen molar-refractivity contribution in [2.75, 3.05) is 13.2 Å². The van der Waals surface area contributed by atoms with Gasteiger partial charge in [-0.05, 0) is 29.1 Å². The molecular formula is C12H16O. The lowest BCUT2D eigenvalue weighted by Crippen LogP contribution is -2.30. The van der Waals surface area contributed by atoms with Crippen LogP contribution < -0.4 is 0 Å². The molecule has 2 saturated carbocycles. The number of allylic oxidation sites excluding steroid dienone is 2. The van der Waals surface area contributed by atoms with Crippen molar-refractivity contribution in [2.45, 2.75) is 13.8 Å². The standard InChI is InChI=1S/C12H16O/c1-11(2)7-3-4-8-10(7)12(8)6-13-5-9(11)12/h3-4,7-10H,5-6H2,1-2H3. The van der Waals surface area contributed by atoms with Crippen molar-refractivity contribution in [3.8, 4) is 0 Å². The first-order valence-electron chi connectivity index (χ1n) is 5.45. The summed E-state index contributed by atoms with van der Waals surface area (Å²) in [4.78, 5) is 0. The fourth-order valence-corrected chi connectivity index (χ4v) is 4.85. The van der Waals surface area contributed by atoms with Gasteiger partial charge in [0, 0.05) is 5.41 Å². The van der Waals surface area contributed by atoms with E-state index < -0.39 is 0 Å². The van der Waals surface area contributed by atoms with Crippen molar-refractivity contribution >= 4 is 0 Å². The summed E-state index contributed by atoms with van der Waals surface area (Å²) in [7, 11) is 0. The topological polar surface area (TPSA) is 9.23 Å². The van der Waals surface area contributed by atoms with Gasteiger partial charge in [-0.15, -0.1) is 0 Å². The molecule has 1 nitrogen and oxygen atoms in total. The predicted octanol–water partition coefficient (Wildman–Crippen LogP) is 2.09. The molecule has 0 radical (unpaired) electrons. The summed E-state index contributed by atoms with van der Waals surface area (Å²) in [5.41, 5.74) is 1.12. The molecule has 0 aromatic rings. The Bertz CT molecular complexity index is 317. The molecular weight excluding hydrogens is 160 g/mol. The highest BCUT2D eigenvalue weighted by atomic mass is 16.5. The van der Waals surface area contributed by atoms with Crippen LogP contribution >= 0.6 is 0 Å². The minimum absolute atomic E-state index is 0.505. The molecule has 0 aromatic carbocycles. The van der Waals surface area contributed by atoms with E-state index >= 15 is 0 Å². The Labute approximate surface area is 79.2 Å². The smallest absolute Gasteiger partial charge is 0.0535 e. The molecule has 4 rings (SSSR count). The molecule has 13 heavy (non-hydrogen) atoms. The largest absolute Gasteiger partial charge is 0.380 e. The summed E-state index contributed by atoms with van der Waals surface area (Å²) in [5, 5.41) is 0. The molecule has 4 aliphatic rings. The Morgan fingerprint density at radius 1 is 1.23 bits per heavy atom. The third-order valence-corrected chi connectivity index (χ3v) is 5.47. The Morgan fingerprint density at radius 2 is 2.00 bits per heavy atom. The van der Waals surface area contributed by atoms with Crippen LogP contribution in [0, 0.1) is 34.5 Å². The van der Waals surface area contributed by atoms with Gasteiger partial charge in [0.1, 0.15) is 0 Å². The van der Waals surface area contributed by atoms with E-state index in [2.05, 4.69) is 26.0 Å². The Hall–Kier alpha value is -0.300. The fraction of sp³-hybridized carbons (Fsp3) is 0.833. The summed E-state index contributed by atoms with van der Waals surface area (Å²) in [6, 6.07) is 0. The average Bonchev–Trinajstić information content (AvgIpc) is 2.49. The van der Waals surface area contributed by atoms with Crippen molar-refractivity contribution < 1.29 is 4.74 Å². The number of ether oxygens (including phenoxy) is 1. The van der Waals surface area contributed by atoms with Gasteiger partial charge >= 0.3 is 0 Å². The lowest BCUT2D eigenvalue weighted by Gasteiger charge is -2.33. The summed E-state index contributed by atoms with van der Waals surface area (Å²) < 4.78 is 5.71. The highest BCUT2D eigenvalue weighted by molar-refractivity contribution is 5.38. The summed E-state index contributed by atoms with van der Waals surface area (Å²) in [5.74, 6) is 3.58. The first-order valence-corrected chi connectivity index (χ1v) is 5.45. The second-order valence-corrected chi connectivity index (χ2v) is 5.96. The molecule has 1 aliphatic heterocycles. The van der Waals surface area contributed by atoms with Gasteiger partial charge in [0.15, 0.2) is 0 Å². The van der Waals surface area contributed by atoms with Crippen molar-refractivity contribution in [3.05, 3.63) is 12.2 Å². The van der Waals surface area contributed by atoms with Gasteiger partial charge in [0.2, 0.25) is 0 Å². The molecule has 70 valence electrons. The van der Waals surface area contributed by atoms with Crippen molar-refractivity contribution in [2.24, 2.45) is 34.5 Å². The van der Waals surface area contributed by atoms with E-state index in [1.165, 1.54) is 0 Å². The van der Waals surface area contributed by atoms with Crippen LogP contribution in [0.25, 0.3) is 0 Å². The number of hydrogen-bond donors (Lipinski definition) is 0.